The number of rotatable bonds is 12. The van der Waals surface area contributed by atoms with Crippen LogP contribution in [0.2, 0.25) is 0 Å². The Kier molecular flexibility index (Phi) is 10.7. The van der Waals surface area contributed by atoms with E-state index >= 15 is 0 Å². The first-order chi connectivity index (χ1) is 20.3. The highest BCUT2D eigenvalue weighted by atomic mass is 16.6. The van der Waals surface area contributed by atoms with Gasteiger partial charge in [-0.3, -0.25) is 21.4 Å². The maximum absolute atomic E-state index is 12.7. The largest absolute Gasteiger partial charge is 0.443 e. The minimum atomic E-state index is -1.00. The van der Waals surface area contributed by atoms with Gasteiger partial charge in [0.05, 0.1) is 11.8 Å². The SMILES string of the molecule is Cc1ccccc1CC(c1ccccn1)C(N)OC(=O)/C=C/C(=O)OC(N)C(Cc1ccccc1C)c1ccccn1. The van der Waals surface area contributed by atoms with Crippen molar-refractivity contribution in [2.45, 2.75) is 51.0 Å². The molecule has 0 aliphatic rings. The molecule has 0 spiro atoms. The Morgan fingerprint density at radius 1 is 0.643 bits per heavy atom. The lowest BCUT2D eigenvalue weighted by Crippen LogP contribution is -2.35. The molecule has 2 heterocycles. The van der Waals surface area contributed by atoms with E-state index in [1.165, 1.54) is 0 Å². The van der Waals surface area contributed by atoms with Gasteiger partial charge in [-0.05, 0) is 73.2 Å². The summed E-state index contributed by atoms with van der Waals surface area (Å²) < 4.78 is 11.0. The first-order valence-corrected chi connectivity index (χ1v) is 13.8. The van der Waals surface area contributed by atoms with Crippen molar-refractivity contribution in [1.82, 2.24) is 9.97 Å². The van der Waals surface area contributed by atoms with E-state index in [0.29, 0.717) is 24.2 Å². The highest BCUT2D eigenvalue weighted by molar-refractivity contribution is 5.91. The number of carbonyl (C=O) groups excluding carboxylic acids is 2. The Labute approximate surface area is 246 Å². The minimum Gasteiger partial charge on any atom is -0.443 e. The van der Waals surface area contributed by atoms with Crippen molar-refractivity contribution in [3.05, 3.63) is 143 Å². The number of aryl methyl sites for hydroxylation is 2. The summed E-state index contributed by atoms with van der Waals surface area (Å²) in [5, 5.41) is 0. The van der Waals surface area contributed by atoms with Crippen LogP contribution < -0.4 is 11.5 Å². The number of nitrogens with two attached hydrogens (primary N) is 2. The fraction of sp³-hybridized carbons (Fsp3) is 0.235. The molecule has 4 atom stereocenters. The van der Waals surface area contributed by atoms with Gasteiger partial charge in [-0.2, -0.15) is 0 Å². The molecule has 0 saturated carbocycles. The predicted molar refractivity (Wildman–Crippen MR) is 161 cm³/mol. The second-order valence-electron chi connectivity index (χ2n) is 10.1. The fourth-order valence-electron chi connectivity index (χ4n) is 4.77. The van der Waals surface area contributed by atoms with Crippen LogP contribution in [-0.2, 0) is 31.9 Å². The maximum atomic E-state index is 12.7. The number of benzene rings is 2. The number of nitrogens with zero attached hydrogens (tertiary/aromatic N) is 2. The quantitative estimate of drug-likeness (QED) is 0.144. The highest BCUT2D eigenvalue weighted by Crippen LogP contribution is 2.26. The molecule has 0 radical (unpaired) electrons. The normalized spacial score (nSPS) is 14.1. The van der Waals surface area contributed by atoms with Crippen LogP contribution in [0.3, 0.4) is 0 Å². The zero-order valence-electron chi connectivity index (χ0n) is 23.8. The summed E-state index contributed by atoms with van der Waals surface area (Å²) in [4.78, 5) is 34.2. The van der Waals surface area contributed by atoms with E-state index in [4.69, 9.17) is 20.9 Å². The molecular formula is C34H36N4O4. The highest BCUT2D eigenvalue weighted by Gasteiger charge is 2.27. The summed E-state index contributed by atoms with van der Waals surface area (Å²) in [5.41, 5.74) is 18.5. The van der Waals surface area contributed by atoms with Gasteiger partial charge in [0, 0.05) is 35.9 Å². The second kappa shape index (κ2) is 14.8. The molecule has 0 bridgehead atoms. The van der Waals surface area contributed by atoms with Gasteiger partial charge in [0.25, 0.3) is 0 Å². The molecular weight excluding hydrogens is 528 g/mol. The van der Waals surface area contributed by atoms with Crippen LogP contribution in [-0.4, -0.2) is 34.4 Å². The van der Waals surface area contributed by atoms with Crippen molar-refractivity contribution < 1.29 is 19.1 Å². The second-order valence-corrected chi connectivity index (χ2v) is 10.1. The van der Waals surface area contributed by atoms with Gasteiger partial charge in [-0.1, -0.05) is 60.7 Å². The van der Waals surface area contributed by atoms with E-state index in [1.54, 1.807) is 12.4 Å². The number of hydrogen-bond donors (Lipinski definition) is 2. The molecule has 0 aliphatic carbocycles. The Hall–Kier alpha value is -4.66. The Bertz CT molecular complexity index is 1380. The third kappa shape index (κ3) is 8.42. The third-order valence-corrected chi connectivity index (χ3v) is 7.19. The fourth-order valence-corrected chi connectivity index (χ4v) is 4.77. The smallest absolute Gasteiger partial charge is 0.332 e. The Morgan fingerprint density at radius 3 is 1.38 bits per heavy atom. The molecule has 4 N–H and O–H groups in total. The van der Waals surface area contributed by atoms with Gasteiger partial charge in [0.15, 0.2) is 12.5 Å². The summed E-state index contributed by atoms with van der Waals surface area (Å²) >= 11 is 0. The zero-order valence-corrected chi connectivity index (χ0v) is 23.8. The third-order valence-electron chi connectivity index (χ3n) is 7.19. The van der Waals surface area contributed by atoms with Crippen LogP contribution in [0.5, 0.6) is 0 Å². The van der Waals surface area contributed by atoms with E-state index in [-0.39, 0.29) is 0 Å². The number of aromatic nitrogens is 2. The van der Waals surface area contributed by atoms with Gasteiger partial charge in [-0.15, -0.1) is 0 Å². The summed E-state index contributed by atoms with van der Waals surface area (Å²) in [6.07, 6.45) is 4.37. The van der Waals surface area contributed by atoms with Crippen molar-refractivity contribution in [3.8, 4) is 0 Å². The average molecular weight is 565 g/mol. The number of pyridine rings is 2. The lowest BCUT2D eigenvalue weighted by Gasteiger charge is -2.24. The molecule has 42 heavy (non-hydrogen) atoms. The van der Waals surface area contributed by atoms with Crippen LogP contribution >= 0.6 is 0 Å². The number of ether oxygens (including phenoxy) is 2. The Balaban J connectivity index is 1.41. The van der Waals surface area contributed by atoms with Gasteiger partial charge in [0.1, 0.15) is 0 Å². The first kappa shape index (κ1) is 30.3. The van der Waals surface area contributed by atoms with Crippen molar-refractivity contribution in [2.75, 3.05) is 0 Å². The summed E-state index contributed by atoms with van der Waals surface area (Å²) in [6.45, 7) is 4.03. The van der Waals surface area contributed by atoms with Crippen LogP contribution in [0.4, 0.5) is 0 Å². The first-order valence-electron chi connectivity index (χ1n) is 13.8. The molecule has 0 aliphatic heterocycles. The average Bonchev–Trinajstić information content (AvgIpc) is 3.00. The molecule has 0 amide bonds. The number of carbonyl (C=O) groups is 2. The van der Waals surface area contributed by atoms with Crippen LogP contribution in [0.25, 0.3) is 0 Å². The molecule has 4 rings (SSSR count). The molecule has 0 saturated heterocycles. The molecule has 2 aromatic heterocycles. The predicted octanol–water partition coefficient (Wildman–Crippen LogP) is 4.66. The van der Waals surface area contributed by atoms with Crippen molar-refractivity contribution in [1.29, 1.82) is 0 Å². The van der Waals surface area contributed by atoms with Crippen LogP contribution in [0.15, 0.2) is 109 Å². The van der Waals surface area contributed by atoms with Crippen molar-refractivity contribution in [3.63, 3.8) is 0 Å². The van der Waals surface area contributed by atoms with Gasteiger partial charge in [0.2, 0.25) is 0 Å². The van der Waals surface area contributed by atoms with E-state index in [9.17, 15) is 9.59 Å². The van der Waals surface area contributed by atoms with Crippen LogP contribution in [0, 0.1) is 13.8 Å². The van der Waals surface area contributed by atoms with Gasteiger partial charge in [-0.25, -0.2) is 9.59 Å². The maximum Gasteiger partial charge on any atom is 0.332 e. The van der Waals surface area contributed by atoms with Gasteiger partial charge < -0.3 is 9.47 Å². The van der Waals surface area contributed by atoms with E-state index < -0.39 is 36.2 Å². The van der Waals surface area contributed by atoms with Crippen molar-refractivity contribution in [2.24, 2.45) is 11.5 Å². The topological polar surface area (TPSA) is 130 Å². The zero-order chi connectivity index (χ0) is 29.9. The standard InChI is InChI=1S/C34H36N4O4/c1-23-11-3-5-13-25(23)21-27(29-15-7-9-19-37-29)33(35)41-31(39)17-18-32(40)42-34(36)28(30-16-8-10-20-38-30)22-26-14-6-4-12-24(26)2/h3-20,27-28,33-34H,21-22,35-36H2,1-2H3/b18-17+. The van der Waals surface area contributed by atoms with Crippen LogP contribution in [0.1, 0.15) is 45.5 Å². The molecule has 0 fully saturated rings. The van der Waals surface area contributed by atoms with E-state index in [1.807, 2.05) is 98.8 Å². The minimum absolute atomic E-state index is 0.398. The molecule has 4 unspecified atom stereocenters. The molecule has 216 valence electrons. The van der Waals surface area contributed by atoms with Crippen molar-refractivity contribution >= 4 is 11.9 Å². The summed E-state index contributed by atoms with van der Waals surface area (Å²) in [7, 11) is 0. The molecule has 4 aromatic rings. The monoisotopic (exact) mass is 564 g/mol. The van der Waals surface area contributed by atoms with E-state index in [2.05, 4.69) is 9.97 Å². The lowest BCUT2D eigenvalue weighted by atomic mass is 9.92. The van der Waals surface area contributed by atoms with E-state index in [0.717, 1.165) is 34.4 Å². The summed E-state index contributed by atoms with van der Waals surface area (Å²) in [6, 6.07) is 26.9. The molecule has 2 aromatic carbocycles. The molecule has 8 nitrogen and oxygen atoms in total. The lowest BCUT2D eigenvalue weighted by molar-refractivity contribution is -0.146. The number of esters is 2. The van der Waals surface area contributed by atoms with Gasteiger partial charge >= 0.3 is 11.9 Å². The summed E-state index contributed by atoms with van der Waals surface area (Å²) in [5.74, 6) is -2.35. The molecule has 8 heteroatoms. The number of hydrogen-bond acceptors (Lipinski definition) is 8. The Morgan fingerprint density at radius 2 is 1.02 bits per heavy atom.